The topological polar surface area (TPSA) is 104 Å². The largest absolute Gasteiger partial charge is 0.463 e. The molecule has 1 amide bonds. The van der Waals surface area contributed by atoms with Gasteiger partial charge in [0.15, 0.2) is 23.1 Å². The number of anilines is 2. The van der Waals surface area contributed by atoms with Gasteiger partial charge in [-0.3, -0.25) is 9.89 Å². The fraction of sp³-hybridized carbons (Fsp3) is 0.400. The molecule has 0 bridgehead atoms. The number of nitrogens with one attached hydrogen (secondary N) is 1. The second-order valence-corrected chi connectivity index (χ2v) is 7.27. The second kappa shape index (κ2) is 8.15. The number of H-pyrrole nitrogens is 1. The Morgan fingerprint density at radius 3 is 2.27 bits per heavy atom. The molecule has 1 N–H and O–H groups in total. The zero-order chi connectivity index (χ0) is 20.3. The molecule has 0 unspecified atom stereocenters. The van der Waals surface area contributed by atoms with Gasteiger partial charge in [-0.25, -0.2) is 0 Å². The Labute approximate surface area is 173 Å². The van der Waals surface area contributed by atoms with Crippen LogP contribution in [-0.4, -0.2) is 83.7 Å². The van der Waals surface area contributed by atoms with E-state index < -0.39 is 0 Å². The van der Waals surface area contributed by atoms with Crippen LogP contribution in [0.25, 0.3) is 11.5 Å². The van der Waals surface area contributed by atoms with E-state index >= 15 is 0 Å². The number of ether oxygens (including phenoxy) is 1. The quantitative estimate of drug-likeness (QED) is 0.687. The molecule has 2 aliphatic heterocycles. The lowest BCUT2D eigenvalue weighted by molar-refractivity contribution is 0.0740. The van der Waals surface area contributed by atoms with Crippen LogP contribution in [0, 0.1) is 0 Å². The minimum atomic E-state index is -0.0857. The molecule has 0 atom stereocenters. The summed E-state index contributed by atoms with van der Waals surface area (Å²) in [6, 6.07) is 9.35. The summed E-state index contributed by atoms with van der Waals surface area (Å²) in [5, 5.41) is 15.8. The standard InChI is InChI=1S/C20H23N7O3/c28-20(16-14-15(21-22-16)17-2-1-11-30-17)27-7-5-25(6-8-27)18-3-4-19(24-23-18)26-9-12-29-13-10-26/h1-4,11,14H,5-10,12-13H2,(H,21,22). The van der Waals surface area contributed by atoms with Crippen molar-refractivity contribution in [3.8, 4) is 11.5 Å². The average molecular weight is 409 g/mol. The van der Waals surface area contributed by atoms with Gasteiger partial charge in [-0.15, -0.1) is 10.2 Å². The van der Waals surface area contributed by atoms with Gasteiger partial charge < -0.3 is 23.9 Å². The van der Waals surface area contributed by atoms with Crippen molar-refractivity contribution < 1.29 is 13.9 Å². The fourth-order valence-corrected chi connectivity index (χ4v) is 3.74. The predicted molar refractivity (Wildman–Crippen MR) is 109 cm³/mol. The van der Waals surface area contributed by atoms with Crippen molar-refractivity contribution in [1.29, 1.82) is 0 Å². The molecule has 3 aromatic rings. The zero-order valence-corrected chi connectivity index (χ0v) is 16.5. The first kappa shape index (κ1) is 18.6. The Morgan fingerprint density at radius 2 is 1.63 bits per heavy atom. The second-order valence-electron chi connectivity index (χ2n) is 7.27. The van der Waals surface area contributed by atoms with Gasteiger partial charge in [0.1, 0.15) is 5.69 Å². The van der Waals surface area contributed by atoms with Gasteiger partial charge in [0.25, 0.3) is 5.91 Å². The van der Waals surface area contributed by atoms with Gasteiger partial charge in [0, 0.05) is 45.3 Å². The molecule has 10 heteroatoms. The number of aromatic amines is 1. The van der Waals surface area contributed by atoms with E-state index in [1.165, 1.54) is 0 Å². The van der Waals surface area contributed by atoms with E-state index in [-0.39, 0.29) is 5.91 Å². The maximum Gasteiger partial charge on any atom is 0.274 e. The van der Waals surface area contributed by atoms with Gasteiger partial charge in [0.2, 0.25) is 0 Å². The van der Waals surface area contributed by atoms with Crippen molar-refractivity contribution in [3.05, 3.63) is 42.3 Å². The Hall–Kier alpha value is -3.40. The number of amides is 1. The van der Waals surface area contributed by atoms with Crippen LogP contribution in [0.4, 0.5) is 11.6 Å². The lowest BCUT2D eigenvalue weighted by atomic mass is 10.2. The number of hydrogen-bond acceptors (Lipinski definition) is 8. The normalized spacial score (nSPS) is 17.4. The molecule has 5 rings (SSSR count). The van der Waals surface area contributed by atoms with Crippen molar-refractivity contribution in [1.82, 2.24) is 25.3 Å². The van der Waals surface area contributed by atoms with E-state index in [2.05, 4.69) is 30.2 Å². The molecule has 156 valence electrons. The maximum absolute atomic E-state index is 12.8. The molecule has 2 fully saturated rings. The number of hydrogen-bond donors (Lipinski definition) is 1. The van der Waals surface area contributed by atoms with Crippen LogP contribution in [0.3, 0.4) is 0 Å². The third-order valence-corrected chi connectivity index (χ3v) is 5.45. The van der Waals surface area contributed by atoms with E-state index in [0.29, 0.717) is 43.3 Å². The van der Waals surface area contributed by atoms with E-state index in [9.17, 15) is 4.79 Å². The van der Waals surface area contributed by atoms with Gasteiger partial charge in [0.05, 0.1) is 19.5 Å². The Morgan fingerprint density at radius 1 is 0.933 bits per heavy atom. The Balaban J connectivity index is 1.18. The zero-order valence-electron chi connectivity index (χ0n) is 16.5. The van der Waals surface area contributed by atoms with Crippen molar-refractivity contribution in [2.45, 2.75) is 0 Å². The SMILES string of the molecule is O=C(c1cc(-c2ccco2)[nH]n1)N1CCN(c2ccc(N3CCOCC3)nn2)CC1. The summed E-state index contributed by atoms with van der Waals surface area (Å²) in [4.78, 5) is 18.9. The number of rotatable bonds is 4. The van der Waals surface area contributed by atoms with Gasteiger partial charge in [-0.2, -0.15) is 5.10 Å². The van der Waals surface area contributed by atoms with Crippen LogP contribution >= 0.6 is 0 Å². The summed E-state index contributed by atoms with van der Waals surface area (Å²) in [7, 11) is 0. The maximum atomic E-state index is 12.8. The summed E-state index contributed by atoms with van der Waals surface area (Å²) in [6.07, 6.45) is 1.59. The Kier molecular flexibility index (Phi) is 5.06. The van der Waals surface area contributed by atoms with Crippen molar-refractivity contribution in [3.63, 3.8) is 0 Å². The summed E-state index contributed by atoms with van der Waals surface area (Å²) in [5.41, 5.74) is 1.09. The molecule has 0 aromatic carbocycles. The van der Waals surface area contributed by atoms with Crippen LogP contribution in [0.1, 0.15) is 10.5 Å². The first-order valence-corrected chi connectivity index (χ1v) is 10.1. The highest BCUT2D eigenvalue weighted by atomic mass is 16.5. The van der Waals surface area contributed by atoms with E-state index in [4.69, 9.17) is 9.15 Å². The van der Waals surface area contributed by atoms with Gasteiger partial charge >= 0.3 is 0 Å². The van der Waals surface area contributed by atoms with Crippen LogP contribution in [0.5, 0.6) is 0 Å². The monoisotopic (exact) mass is 409 g/mol. The van der Waals surface area contributed by atoms with Crippen LogP contribution in [-0.2, 0) is 4.74 Å². The van der Waals surface area contributed by atoms with Gasteiger partial charge in [-0.1, -0.05) is 0 Å². The van der Waals surface area contributed by atoms with Crippen LogP contribution < -0.4 is 9.80 Å². The summed E-state index contributed by atoms with van der Waals surface area (Å²) >= 11 is 0. The third kappa shape index (κ3) is 3.73. The van der Waals surface area contributed by atoms with Crippen molar-refractivity contribution >= 4 is 17.5 Å². The smallest absolute Gasteiger partial charge is 0.274 e. The minimum Gasteiger partial charge on any atom is -0.463 e. The number of carbonyl (C=O) groups excluding carboxylic acids is 1. The average Bonchev–Trinajstić information content (AvgIpc) is 3.52. The number of morpholine rings is 1. The number of furan rings is 1. The molecule has 0 spiro atoms. The molecular formula is C20H23N7O3. The van der Waals surface area contributed by atoms with E-state index in [1.807, 2.05) is 23.1 Å². The summed E-state index contributed by atoms with van der Waals surface area (Å²) < 4.78 is 10.7. The fourth-order valence-electron chi connectivity index (χ4n) is 3.74. The predicted octanol–water partition coefficient (Wildman–Crippen LogP) is 1.26. The molecule has 3 aromatic heterocycles. The first-order valence-electron chi connectivity index (χ1n) is 10.1. The van der Waals surface area contributed by atoms with Crippen molar-refractivity contribution in [2.24, 2.45) is 0 Å². The molecule has 5 heterocycles. The molecule has 0 saturated carbocycles. The molecule has 2 aliphatic rings. The number of carbonyl (C=O) groups is 1. The highest BCUT2D eigenvalue weighted by molar-refractivity contribution is 5.93. The molecule has 0 aliphatic carbocycles. The van der Waals surface area contributed by atoms with E-state index in [1.54, 1.807) is 18.4 Å². The van der Waals surface area contributed by atoms with E-state index in [0.717, 1.165) is 37.9 Å². The van der Waals surface area contributed by atoms with Crippen LogP contribution in [0.2, 0.25) is 0 Å². The molecule has 30 heavy (non-hydrogen) atoms. The van der Waals surface area contributed by atoms with Gasteiger partial charge in [-0.05, 0) is 24.3 Å². The summed E-state index contributed by atoms with van der Waals surface area (Å²) in [5.74, 6) is 2.28. The number of nitrogens with zero attached hydrogens (tertiary/aromatic N) is 6. The van der Waals surface area contributed by atoms with Crippen molar-refractivity contribution in [2.75, 3.05) is 62.3 Å². The summed E-state index contributed by atoms with van der Waals surface area (Å²) in [6.45, 7) is 5.73. The Bertz CT molecular complexity index is 972. The lowest BCUT2D eigenvalue weighted by Gasteiger charge is -2.35. The third-order valence-electron chi connectivity index (χ3n) is 5.45. The first-order chi connectivity index (χ1) is 14.8. The minimum absolute atomic E-state index is 0.0857. The molecule has 0 radical (unpaired) electrons. The number of aromatic nitrogens is 4. The molecule has 10 nitrogen and oxygen atoms in total. The lowest BCUT2D eigenvalue weighted by Crippen LogP contribution is -2.49. The highest BCUT2D eigenvalue weighted by Crippen LogP contribution is 2.20. The molecular weight excluding hydrogens is 386 g/mol. The molecule has 2 saturated heterocycles. The highest BCUT2D eigenvalue weighted by Gasteiger charge is 2.25. The number of piperazine rings is 1. The van der Waals surface area contributed by atoms with Crippen LogP contribution in [0.15, 0.2) is 41.0 Å².